The molecule has 31 heavy (non-hydrogen) atoms. The van der Waals surface area contributed by atoms with Gasteiger partial charge in [0.15, 0.2) is 6.61 Å². The van der Waals surface area contributed by atoms with E-state index in [1.807, 2.05) is 6.92 Å². The van der Waals surface area contributed by atoms with Crippen LogP contribution in [-0.2, 0) is 11.2 Å². The Morgan fingerprint density at radius 1 is 1.26 bits per heavy atom. The average molecular weight is 432 g/mol. The highest BCUT2D eigenvalue weighted by atomic mass is 19.3. The highest BCUT2D eigenvalue weighted by Crippen LogP contribution is 2.30. The Labute approximate surface area is 179 Å². The van der Waals surface area contributed by atoms with Crippen LogP contribution in [-0.4, -0.2) is 34.8 Å². The second kappa shape index (κ2) is 9.80. The van der Waals surface area contributed by atoms with E-state index in [4.69, 9.17) is 4.74 Å². The van der Waals surface area contributed by atoms with E-state index in [0.29, 0.717) is 29.1 Å². The average Bonchev–Trinajstić information content (AvgIpc) is 3.57. The van der Waals surface area contributed by atoms with Crippen LogP contribution in [0.2, 0.25) is 0 Å². The maximum absolute atomic E-state index is 12.8. The topological polar surface area (TPSA) is 93.2 Å². The van der Waals surface area contributed by atoms with Gasteiger partial charge >= 0.3 is 0 Å². The number of alkyl halides is 2. The van der Waals surface area contributed by atoms with E-state index in [-0.39, 0.29) is 29.7 Å². The summed E-state index contributed by atoms with van der Waals surface area (Å²) in [4.78, 5) is 33.2. The predicted molar refractivity (Wildman–Crippen MR) is 111 cm³/mol. The Bertz CT molecular complexity index is 964. The third-order valence-corrected chi connectivity index (χ3v) is 4.94. The number of hydrogen-bond donors (Lipinski definition) is 2. The lowest BCUT2D eigenvalue weighted by molar-refractivity contribution is -0.117. The molecule has 1 saturated carbocycles. The molecule has 0 aliphatic heterocycles. The van der Waals surface area contributed by atoms with Gasteiger partial charge < -0.3 is 15.4 Å². The number of amides is 2. The summed E-state index contributed by atoms with van der Waals surface area (Å²) in [6.07, 6.45) is 1.23. The van der Waals surface area contributed by atoms with Crippen LogP contribution < -0.4 is 15.4 Å². The smallest absolute Gasteiger partial charge is 0.272 e. The minimum absolute atomic E-state index is 0.0347. The summed E-state index contributed by atoms with van der Waals surface area (Å²) in [6, 6.07) is 4.60. The van der Waals surface area contributed by atoms with Crippen LogP contribution in [0.1, 0.15) is 59.9 Å². The number of halogens is 2. The van der Waals surface area contributed by atoms with Gasteiger partial charge in [0.25, 0.3) is 12.3 Å². The molecule has 2 N–H and O–H groups in total. The summed E-state index contributed by atoms with van der Waals surface area (Å²) in [6.45, 7) is 4.71. The Balaban J connectivity index is 1.69. The molecule has 9 heteroatoms. The number of nitrogens with one attached hydrogen (secondary N) is 2. The van der Waals surface area contributed by atoms with Crippen LogP contribution in [0.15, 0.2) is 24.4 Å². The molecule has 0 aromatic carbocycles. The molecule has 1 unspecified atom stereocenters. The second-order valence-electron chi connectivity index (χ2n) is 7.63. The molecule has 1 fully saturated rings. The first-order valence-electron chi connectivity index (χ1n) is 10.3. The van der Waals surface area contributed by atoms with Crippen molar-refractivity contribution in [3.05, 3.63) is 46.8 Å². The third-order valence-electron chi connectivity index (χ3n) is 4.94. The maximum Gasteiger partial charge on any atom is 0.272 e. The van der Waals surface area contributed by atoms with Crippen LogP contribution in [0.5, 0.6) is 5.88 Å². The van der Waals surface area contributed by atoms with Crippen molar-refractivity contribution in [1.29, 1.82) is 0 Å². The highest BCUT2D eigenvalue weighted by molar-refractivity contribution is 5.97. The van der Waals surface area contributed by atoms with Crippen molar-refractivity contribution in [2.45, 2.75) is 52.5 Å². The standard InChI is InChI=1S/C22H26F2N4O3/c1-4-14-8-17(10-25-22(14)31-11-18(23)24)13(3)27-21(30)16-7-12(2)26-19(9-16)28-20(29)15-5-6-15/h7-10,13,15,18H,4-6,11H2,1-3H3,(H,27,30)(H,26,28,29). The van der Waals surface area contributed by atoms with E-state index >= 15 is 0 Å². The Hall–Kier alpha value is -3.10. The molecule has 7 nitrogen and oxygen atoms in total. The number of nitrogens with zero attached hydrogens (tertiary/aromatic N) is 2. The van der Waals surface area contributed by atoms with Crippen molar-refractivity contribution in [2.24, 2.45) is 5.92 Å². The number of anilines is 1. The van der Waals surface area contributed by atoms with E-state index in [1.54, 1.807) is 32.0 Å². The van der Waals surface area contributed by atoms with Crippen molar-refractivity contribution in [2.75, 3.05) is 11.9 Å². The van der Waals surface area contributed by atoms with Gasteiger partial charge in [-0.05, 0) is 56.9 Å². The second-order valence-corrected chi connectivity index (χ2v) is 7.63. The van der Waals surface area contributed by atoms with Gasteiger partial charge in [-0.25, -0.2) is 18.7 Å². The van der Waals surface area contributed by atoms with Gasteiger partial charge in [-0.15, -0.1) is 0 Å². The maximum atomic E-state index is 12.8. The molecule has 2 amide bonds. The Morgan fingerprint density at radius 3 is 2.65 bits per heavy atom. The number of aryl methyl sites for hydroxylation is 2. The number of aromatic nitrogens is 2. The summed E-state index contributed by atoms with van der Waals surface area (Å²) < 4.78 is 29.9. The lowest BCUT2D eigenvalue weighted by Crippen LogP contribution is -2.27. The number of carbonyl (C=O) groups is 2. The summed E-state index contributed by atoms with van der Waals surface area (Å²) in [7, 11) is 0. The number of hydrogen-bond acceptors (Lipinski definition) is 5. The molecule has 3 rings (SSSR count). The van der Waals surface area contributed by atoms with Crippen LogP contribution in [0, 0.1) is 12.8 Å². The molecule has 0 bridgehead atoms. The van der Waals surface area contributed by atoms with E-state index in [2.05, 4.69) is 20.6 Å². The molecule has 1 aliphatic rings. The SMILES string of the molecule is CCc1cc(C(C)NC(=O)c2cc(C)nc(NC(=O)C3CC3)c2)cnc1OCC(F)F. The molecule has 0 radical (unpaired) electrons. The fourth-order valence-corrected chi connectivity index (χ4v) is 3.08. The molecule has 0 saturated heterocycles. The summed E-state index contributed by atoms with van der Waals surface area (Å²) in [5.41, 5.74) is 2.40. The molecule has 0 spiro atoms. The summed E-state index contributed by atoms with van der Waals surface area (Å²) in [5, 5.41) is 5.65. The first-order valence-corrected chi connectivity index (χ1v) is 10.3. The Kier molecular flexibility index (Phi) is 7.14. The molecular formula is C22H26F2N4O3. The van der Waals surface area contributed by atoms with E-state index in [0.717, 1.165) is 18.4 Å². The van der Waals surface area contributed by atoms with Crippen molar-refractivity contribution in [1.82, 2.24) is 15.3 Å². The van der Waals surface area contributed by atoms with Gasteiger partial charge in [-0.3, -0.25) is 9.59 Å². The van der Waals surface area contributed by atoms with Crippen molar-refractivity contribution in [3.8, 4) is 5.88 Å². The Morgan fingerprint density at radius 2 is 2.00 bits per heavy atom. The first-order chi connectivity index (χ1) is 14.8. The van der Waals surface area contributed by atoms with E-state index < -0.39 is 13.0 Å². The highest BCUT2D eigenvalue weighted by Gasteiger charge is 2.30. The molecule has 166 valence electrons. The van der Waals surface area contributed by atoms with Crippen LogP contribution >= 0.6 is 0 Å². The lowest BCUT2D eigenvalue weighted by Gasteiger charge is -2.17. The van der Waals surface area contributed by atoms with E-state index in [1.165, 1.54) is 6.20 Å². The minimum atomic E-state index is -2.58. The molecule has 2 aromatic heterocycles. The zero-order valence-electron chi connectivity index (χ0n) is 17.7. The number of ether oxygens (including phenoxy) is 1. The van der Waals surface area contributed by atoms with Gasteiger partial charge in [-0.2, -0.15) is 0 Å². The quantitative estimate of drug-likeness (QED) is 0.628. The normalized spacial score (nSPS) is 14.3. The molecule has 1 aliphatic carbocycles. The summed E-state index contributed by atoms with van der Waals surface area (Å²) in [5.74, 6) is 0.157. The van der Waals surface area contributed by atoms with Crippen LogP contribution in [0.25, 0.3) is 0 Å². The minimum Gasteiger partial charge on any atom is -0.471 e. The number of rotatable bonds is 9. The van der Waals surface area contributed by atoms with Gasteiger partial charge in [-0.1, -0.05) is 6.92 Å². The van der Waals surface area contributed by atoms with Crippen LogP contribution in [0.3, 0.4) is 0 Å². The fraction of sp³-hybridized carbons (Fsp3) is 0.455. The van der Waals surface area contributed by atoms with Gasteiger partial charge in [0, 0.05) is 28.9 Å². The number of pyridine rings is 2. The lowest BCUT2D eigenvalue weighted by atomic mass is 10.1. The number of carbonyl (C=O) groups excluding carboxylic acids is 2. The molecule has 1 atom stereocenters. The summed E-state index contributed by atoms with van der Waals surface area (Å²) >= 11 is 0. The van der Waals surface area contributed by atoms with Gasteiger partial charge in [0.2, 0.25) is 11.8 Å². The van der Waals surface area contributed by atoms with Crippen molar-refractivity contribution < 1.29 is 23.1 Å². The zero-order valence-corrected chi connectivity index (χ0v) is 17.7. The largest absolute Gasteiger partial charge is 0.471 e. The predicted octanol–water partition coefficient (Wildman–Crippen LogP) is 3.83. The molecule has 2 aromatic rings. The molecular weight excluding hydrogens is 406 g/mol. The van der Waals surface area contributed by atoms with Crippen molar-refractivity contribution in [3.63, 3.8) is 0 Å². The van der Waals surface area contributed by atoms with Crippen molar-refractivity contribution >= 4 is 17.6 Å². The van der Waals surface area contributed by atoms with Crippen LogP contribution in [0.4, 0.5) is 14.6 Å². The van der Waals surface area contributed by atoms with Gasteiger partial charge in [0.1, 0.15) is 5.82 Å². The molecule has 2 heterocycles. The third kappa shape index (κ3) is 6.19. The first kappa shape index (κ1) is 22.6. The van der Waals surface area contributed by atoms with E-state index in [9.17, 15) is 18.4 Å². The monoisotopic (exact) mass is 432 g/mol. The van der Waals surface area contributed by atoms with Gasteiger partial charge in [0.05, 0.1) is 6.04 Å². The zero-order chi connectivity index (χ0) is 22.5. The fourth-order valence-electron chi connectivity index (χ4n) is 3.08.